The Morgan fingerprint density at radius 3 is 2.29 bits per heavy atom. The molecule has 24 heavy (non-hydrogen) atoms. The Morgan fingerprint density at radius 2 is 1.71 bits per heavy atom. The van der Waals surface area contributed by atoms with Gasteiger partial charge >= 0.3 is 59.1 Å². The molecule has 0 spiro atoms. The zero-order valence-corrected chi connectivity index (χ0v) is 18.2. The monoisotopic (exact) mass is 379 g/mol. The van der Waals surface area contributed by atoms with Gasteiger partial charge in [-0.3, -0.25) is 4.79 Å². The van der Waals surface area contributed by atoms with Crippen molar-refractivity contribution in [1.29, 1.82) is 0 Å². The largest absolute Gasteiger partial charge is 1.00 e. The van der Waals surface area contributed by atoms with Crippen LogP contribution in [0.2, 0.25) is 5.02 Å². The van der Waals surface area contributed by atoms with E-state index in [0.29, 0.717) is 4.70 Å². The van der Waals surface area contributed by atoms with E-state index in [9.17, 15) is 24.6 Å². The van der Waals surface area contributed by atoms with E-state index < -0.39 is 17.4 Å². The Balaban J connectivity index is 0.00000144. The molecule has 0 aliphatic heterocycles. The zero-order valence-electron chi connectivity index (χ0n) is 12.6. The van der Waals surface area contributed by atoms with Gasteiger partial charge in [0.2, 0.25) is 0 Å². The Kier molecular flexibility index (Phi) is 7.40. The Bertz CT molecular complexity index is 1040. The number of halogens is 1. The smallest absolute Gasteiger partial charge is 0.544 e. The SMILES string of the molecule is O=C([O-])c1cc(Cl)c2c(ccc3sc(C(=O)[O-])cc(=O)c32)n1.[Na+].[Na+]. The second-order valence-corrected chi connectivity index (χ2v) is 5.86. The normalized spacial score (nSPS) is 10.0. The second kappa shape index (κ2) is 8.25. The van der Waals surface area contributed by atoms with E-state index in [1.807, 2.05) is 0 Å². The number of rotatable bonds is 2. The molecule has 110 valence electrons. The average molecular weight is 380 g/mol. The molecule has 0 fully saturated rings. The van der Waals surface area contributed by atoms with E-state index in [2.05, 4.69) is 4.98 Å². The number of hydrogen-bond acceptors (Lipinski definition) is 7. The molecule has 3 rings (SSSR count). The van der Waals surface area contributed by atoms with Crippen LogP contribution in [0.1, 0.15) is 20.2 Å². The zero-order chi connectivity index (χ0) is 16.0. The molecule has 0 atom stereocenters. The second-order valence-electron chi connectivity index (χ2n) is 4.37. The van der Waals surface area contributed by atoms with Crippen molar-refractivity contribution in [2.75, 3.05) is 0 Å². The summed E-state index contributed by atoms with van der Waals surface area (Å²) in [6.45, 7) is 0. The van der Waals surface area contributed by atoms with E-state index in [4.69, 9.17) is 11.6 Å². The van der Waals surface area contributed by atoms with Crippen LogP contribution < -0.4 is 74.8 Å². The van der Waals surface area contributed by atoms with E-state index in [1.54, 1.807) is 0 Å². The molecule has 0 amide bonds. The number of carbonyl (C=O) groups is 2. The maximum absolute atomic E-state index is 12.2. The van der Waals surface area contributed by atoms with Crippen molar-refractivity contribution < 1.29 is 78.9 Å². The molecule has 0 bridgehead atoms. The number of aromatic carboxylic acids is 2. The maximum Gasteiger partial charge on any atom is 1.00 e. The van der Waals surface area contributed by atoms with Crippen LogP contribution in [-0.2, 0) is 0 Å². The molecule has 0 saturated carbocycles. The first-order valence-electron chi connectivity index (χ1n) is 5.88. The maximum atomic E-state index is 12.2. The van der Waals surface area contributed by atoms with Gasteiger partial charge in [0.15, 0.2) is 5.43 Å². The Labute approximate surface area is 188 Å². The quantitative estimate of drug-likeness (QED) is 0.324. The molecule has 0 radical (unpaired) electrons. The van der Waals surface area contributed by atoms with Crippen molar-refractivity contribution in [3.8, 4) is 0 Å². The van der Waals surface area contributed by atoms with Gasteiger partial charge in [0.1, 0.15) is 0 Å². The summed E-state index contributed by atoms with van der Waals surface area (Å²) in [5, 5.41) is 22.3. The summed E-state index contributed by atoms with van der Waals surface area (Å²) >= 11 is 6.93. The molecule has 0 aliphatic carbocycles. The first-order chi connectivity index (χ1) is 10.4. The van der Waals surface area contributed by atoms with Gasteiger partial charge in [0.25, 0.3) is 0 Å². The van der Waals surface area contributed by atoms with Crippen LogP contribution in [0.4, 0.5) is 0 Å². The molecule has 2 aromatic heterocycles. The number of nitrogens with zero attached hydrogens (tertiary/aromatic N) is 1. The number of fused-ring (bicyclic) bond motifs is 3. The predicted molar refractivity (Wildman–Crippen MR) is 77.1 cm³/mol. The molecule has 0 aliphatic rings. The molecular formula is C14H4ClNNa2O5S. The van der Waals surface area contributed by atoms with Crippen molar-refractivity contribution in [2.24, 2.45) is 0 Å². The number of pyridine rings is 1. The van der Waals surface area contributed by atoms with Crippen LogP contribution in [0.3, 0.4) is 0 Å². The van der Waals surface area contributed by atoms with E-state index in [-0.39, 0.29) is 91.0 Å². The first-order valence-corrected chi connectivity index (χ1v) is 7.07. The summed E-state index contributed by atoms with van der Waals surface area (Å²) in [6.07, 6.45) is 0. The van der Waals surface area contributed by atoms with Gasteiger partial charge < -0.3 is 19.8 Å². The summed E-state index contributed by atoms with van der Waals surface area (Å²) < 4.78 is 0.393. The van der Waals surface area contributed by atoms with Gasteiger partial charge in [0.05, 0.1) is 38.4 Å². The minimum Gasteiger partial charge on any atom is -0.544 e. The molecule has 10 heteroatoms. The summed E-state index contributed by atoms with van der Waals surface area (Å²) in [5.74, 6) is -2.93. The summed E-state index contributed by atoms with van der Waals surface area (Å²) in [5.41, 5.74) is -0.688. The molecule has 0 saturated heterocycles. The van der Waals surface area contributed by atoms with E-state index in [0.717, 1.165) is 23.5 Å². The van der Waals surface area contributed by atoms with E-state index >= 15 is 0 Å². The number of hydrogen-bond donors (Lipinski definition) is 0. The fraction of sp³-hybridized carbons (Fsp3) is 0. The number of benzene rings is 1. The molecule has 3 aromatic rings. The number of carbonyl (C=O) groups excluding carboxylic acids is 2. The average Bonchev–Trinajstić information content (AvgIpc) is 2.46. The minimum absolute atomic E-state index is 0. The molecule has 1 aromatic carbocycles. The van der Waals surface area contributed by atoms with Gasteiger partial charge in [-0.05, 0) is 18.2 Å². The van der Waals surface area contributed by atoms with Crippen LogP contribution in [0.5, 0.6) is 0 Å². The fourth-order valence-corrected chi connectivity index (χ4v) is 3.36. The third-order valence-corrected chi connectivity index (χ3v) is 4.39. The van der Waals surface area contributed by atoms with Gasteiger partial charge in [0, 0.05) is 16.2 Å². The van der Waals surface area contributed by atoms with Crippen molar-refractivity contribution in [3.05, 3.63) is 50.1 Å². The van der Waals surface area contributed by atoms with Crippen molar-refractivity contribution in [1.82, 2.24) is 4.98 Å². The summed E-state index contributed by atoms with van der Waals surface area (Å²) in [6, 6.07) is 4.99. The Morgan fingerprint density at radius 1 is 1.04 bits per heavy atom. The molecule has 0 N–H and O–H groups in total. The summed E-state index contributed by atoms with van der Waals surface area (Å²) in [7, 11) is 0. The first kappa shape index (κ1) is 21.5. The molecule has 6 nitrogen and oxygen atoms in total. The Hall–Kier alpha value is -0.510. The van der Waals surface area contributed by atoms with Crippen LogP contribution in [-0.4, -0.2) is 16.9 Å². The summed E-state index contributed by atoms with van der Waals surface area (Å²) in [4.78, 5) is 37.6. The number of aromatic nitrogens is 1. The topological polar surface area (TPSA) is 110 Å². The number of carboxylic acids is 2. The third kappa shape index (κ3) is 3.84. The van der Waals surface area contributed by atoms with Gasteiger partial charge in [-0.25, -0.2) is 4.98 Å². The van der Waals surface area contributed by atoms with Crippen molar-refractivity contribution in [2.45, 2.75) is 0 Å². The molecule has 0 unspecified atom stereocenters. The minimum atomic E-state index is -1.48. The van der Waals surface area contributed by atoms with Gasteiger partial charge in [-0.1, -0.05) is 11.6 Å². The van der Waals surface area contributed by atoms with E-state index in [1.165, 1.54) is 12.1 Å². The van der Waals surface area contributed by atoms with Crippen LogP contribution in [0.15, 0.2) is 29.1 Å². The van der Waals surface area contributed by atoms with Crippen LogP contribution in [0.25, 0.3) is 21.0 Å². The fourth-order valence-electron chi connectivity index (χ4n) is 2.14. The van der Waals surface area contributed by atoms with Crippen LogP contribution >= 0.6 is 22.9 Å². The van der Waals surface area contributed by atoms with Crippen molar-refractivity contribution >= 4 is 55.9 Å². The van der Waals surface area contributed by atoms with Gasteiger partial charge in [-0.2, -0.15) is 0 Å². The van der Waals surface area contributed by atoms with Crippen LogP contribution in [0, 0.1) is 0 Å². The predicted octanol–water partition coefficient (Wildman–Crippen LogP) is -5.80. The third-order valence-electron chi connectivity index (χ3n) is 3.03. The molecule has 2 heterocycles. The number of carboxylic acid groups (broad SMARTS) is 2. The molecular weight excluding hydrogens is 376 g/mol. The van der Waals surface area contributed by atoms with Gasteiger partial charge in [-0.15, -0.1) is 11.3 Å². The standard InChI is InChI=1S/C14H6ClNO5S.2Na/c15-5-3-7(13(18)19)16-6-1-2-9-12(11(5)6)8(17)4-10(22-9)14(20)21;;/h1-4H,(H,18,19)(H,20,21);;/q;2*+1/p-2. The van der Waals surface area contributed by atoms with Crippen molar-refractivity contribution in [3.63, 3.8) is 0 Å².